The van der Waals surface area contributed by atoms with Crippen LogP contribution in [0.3, 0.4) is 0 Å². The molecule has 0 saturated carbocycles. The van der Waals surface area contributed by atoms with Crippen LogP contribution in [0.4, 0.5) is 8.78 Å². The van der Waals surface area contributed by atoms with E-state index in [0.717, 1.165) is 6.07 Å². The molecule has 2 aromatic carbocycles. The van der Waals surface area contributed by atoms with Gasteiger partial charge in [0.1, 0.15) is 23.2 Å². The summed E-state index contributed by atoms with van der Waals surface area (Å²) in [7, 11) is 0. The minimum atomic E-state index is -0.477. The summed E-state index contributed by atoms with van der Waals surface area (Å²) < 4.78 is 26.2. The molecule has 0 unspecified atom stereocenters. The molecule has 3 nitrogen and oxygen atoms in total. The lowest BCUT2D eigenvalue weighted by atomic mass is 10.2. The average Bonchev–Trinajstić information content (AvgIpc) is 2.74. The standard InChI is InChI=1S/C13H8F2N2O/c14-7-2-4-12(18)9(5-7)13-16-10-3-1-8(15)6-11(10)17-13/h1-6,18H,(H,16,17). The number of H-pyrrole nitrogens is 1. The number of phenols is 1. The summed E-state index contributed by atoms with van der Waals surface area (Å²) in [6.45, 7) is 0. The Balaban J connectivity index is 2.22. The summed E-state index contributed by atoms with van der Waals surface area (Å²) >= 11 is 0. The Morgan fingerprint density at radius 2 is 1.72 bits per heavy atom. The molecule has 0 atom stereocenters. The van der Waals surface area contributed by atoms with E-state index < -0.39 is 5.82 Å². The molecule has 5 heteroatoms. The van der Waals surface area contributed by atoms with Crippen LogP contribution in [0.15, 0.2) is 36.4 Å². The maximum atomic E-state index is 13.1. The maximum absolute atomic E-state index is 13.1. The first-order valence-electron chi connectivity index (χ1n) is 5.27. The van der Waals surface area contributed by atoms with Crippen LogP contribution in [0.25, 0.3) is 22.4 Å². The van der Waals surface area contributed by atoms with Gasteiger partial charge in [0.05, 0.1) is 16.6 Å². The molecule has 1 aromatic heterocycles. The van der Waals surface area contributed by atoms with E-state index in [1.165, 1.54) is 30.3 Å². The number of nitrogens with zero attached hydrogens (tertiary/aromatic N) is 1. The highest BCUT2D eigenvalue weighted by molar-refractivity contribution is 5.80. The van der Waals surface area contributed by atoms with E-state index >= 15 is 0 Å². The van der Waals surface area contributed by atoms with Crippen molar-refractivity contribution in [2.45, 2.75) is 0 Å². The average molecular weight is 246 g/mol. The van der Waals surface area contributed by atoms with Crippen molar-refractivity contribution in [3.05, 3.63) is 48.0 Å². The van der Waals surface area contributed by atoms with Gasteiger partial charge in [-0.1, -0.05) is 0 Å². The van der Waals surface area contributed by atoms with Crippen LogP contribution in [0.5, 0.6) is 5.75 Å². The molecule has 2 N–H and O–H groups in total. The highest BCUT2D eigenvalue weighted by atomic mass is 19.1. The minimum absolute atomic E-state index is 0.0871. The van der Waals surface area contributed by atoms with Crippen molar-refractivity contribution >= 4 is 11.0 Å². The summed E-state index contributed by atoms with van der Waals surface area (Å²) in [6.07, 6.45) is 0. The molecular formula is C13H8F2N2O. The van der Waals surface area contributed by atoms with Crippen molar-refractivity contribution in [3.8, 4) is 17.1 Å². The van der Waals surface area contributed by atoms with Crippen LogP contribution < -0.4 is 0 Å². The number of imidazole rings is 1. The van der Waals surface area contributed by atoms with E-state index in [4.69, 9.17) is 0 Å². The first kappa shape index (κ1) is 10.7. The van der Waals surface area contributed by atoms with Gasteiger partial charge in [0.15, 0.2) is 0 Å². The fraction of sp³-hybridized carbons (Fsp3) is 0. The van der Waals surface area contributed by atoms with Crippen LogP contribution in [0, 0.1) is 11.6 Å². The number of benzene rings is 2. The zero-order chi connectivity index (χ0) is 12.7. The zero-order valence-electron chi connectivity index (χ0n) is 9.11. The van der Waals surface area contributed by atoms with Crippen molar-refractivity contribution in [2.24, 2.45) is 0 Å². The Bertz CT molecular complexity index is 737. The van der Waals surface area contributed by atoms with Crippen molar-refractivity contribution < 1.29 is 13.9 Å². The van der Waals surface area contributed by atoms with Gasteiger partial charge in [0.25, 0.3) is 0 Å². The van der Waals surface area contributed by atoms with Crippen LogP contribution in [0.1, 0.15) is 0 Å². The molecule has 0 bridgehead atoms. The summed E-state index contributed by atoms with van der Waals surface area (Å²) in [5, 5.41) is 9.67. The third kappa shape index (κ3) is 1.69. The quantitative estimate of drug-likeness (QED) is 0.692. The molecule has 0 spiro atoms. The summed E-state index contributed by atoms with van der Waals surface area (Å²) in [6, 6.07) is 7.67. The van der Waals surface area contributed by atoms with Crippen LogP contribution >= 0.6 is 0 Å². The fourth-order valence-corrected chi connectivity index (χ4v) is 1.81. The molecule has 0 aliphatic carbocycles. The third-order valence-electron chi connectivity index (χ3n) is 2.66. The van der Waals surface area contributed by atoms with Gasteiger partial charge in [-0.25, -0.2) is 13.8 Å². The van der Waals surface area contributed by atoms with E-state index in [-0.39, 0.29) is 17.1 Å². The van der Waals surface area contributed by atoms with Crippen molar-refractivity contribution in [2.75, 3.05) is 0 Å². The predicted molar refractivity (Wildman–Crippen MR) is 63.1 cm³/mol. The van der Waals surface area contributed by atoms with Gasteiger partial charge >= 0.3 is 0 Å². The smallest absolute Gasteiger partial charge is 0.142 e. The number of hydrogen-bond acceptors (Lipinski definition) is 2. The van der Waals surface area contributed by atoms with Gasteiger partial charge in [-0.15, -0.1) is 0 Å². The topological polar surface area (TPSA) is 48.9 Å². The SMILES string of the molecule is Oc1ccc(F)cc1-c1nc2ccc(F)cc2[nH]1. The Hall–Kier alpha value is -2.43. The van der Waals surface area contributed by atoms with Crippen LogP contribution in [0.2, 0.25) is 0 Å². The van der Waals surface area contributed by atoms with Gasteiger partial charge < -0.3 is 10.1 Å². The zero-order valence-corrected chi connectivity index (χ0v) is 9.11. The second-order valence-corrected chi connectivity index (χ2v) is 3.91. The largest absolute Gasteiger partial charge is 0.507 e. The molecule has 3 rings (SSSR count). The second kappa shape index (κ2) is 3.80. The summed E-state index contributed by atoms with van der Waals surface area (Å²) in [5.41, 5.74) is 1.29. The monoisotopic (exact) mass is 246 g/mol. The molecule has 18 heavy (non-hydrogen) atoms. The molecule has 0 aliphatic rings. The first-order chi connectivity index (χ1) is 8.63. The Morgan fingerprint density at radius 3 is 2.56 bits per heavy atom. The second-order valence-electron chi connectivity index (χ2n) is 3.91. The van der Waals surface area contributed by atoms with E-state index in [2.05, 4.69) is 9.97 Å². The summed E-state index contributed by atoms with van der Waals surface area (Å²) in [4.78, 5) is 7.02. The number of hydrogen-bond donors (Lipinski definition) is 2. The molecule has 0 saturated heterocycles. The third-order valence-corrected chi connectivity index (χ3v) is 2.66. The van der Waals surface area contributed by atoms with Gasteiger partial charge in [-0.05, 0) is 36.4 Å². The highest BCUT2D eigenvalue weighted by Crippen LogP contribution is 2.29. The van der Waals surface area contributed by atoms with Crippen LogP contribution in [-0.2, 0) is 0 Å². The maximum Gasteiger partial charge on any atom is 0.142 e. The summed E-state index contributed by atoms with van der Waals surface area (Å²) in [5.74, 6) is -0.654. The normalized spacial score (nSPS) is 11.0. The lowest BCUT2D eigenvalue weighted by Crippen LogP contribution is -1.83. The molecule has 0 aliphatic heterocycles. The van der Waals surface area contributed by atoms with E-state index in [0.29, 0.717) is 16.9 Å². The Morgan fingerprint density at radius 1 is 1.00 bits per heavy atom. The molecule has 0 radical (unpaired) electrons. The Kier molecular flexibility index (Phi) is 2.26. The van der Waals surface area contributed by atoms with Gasteiger partial charge in [-0.3, -0.25) is 0 Å². The number of rotatable bonds is 1. The number of nitrogens with one attached hydrogen (secondary N) is 1. The molecule has 0 fully saturated rings. The van der Waals surface area contributed by atoms with Gasteiger partial charge in [0, 0.05) is 0 Å². The number of aromatic hydroxyl groups is 1. The van der Waals surface area contributed by atoms with Crippen molar-refractivity contribution in [1.29, 1.82) is 0 Å². The number of halogens is 2. The Labute approximate surface area is 101 Å². The number of fused-ring (bicyclic) bond motifs is 1. The highest BCUT2D eigenvalue weighted by Gasteiger charge is 2.11. The first-order valence-corrected chi connectivity index (χ1v) is 5.27. The van der Waals surface area contributed by atoms with Gasteiger partial charge in [0.2, 0.25) is 0 Å². The molecule has 0 amide bonds. The number of phenolic OH excluding ortho intramolecular Hbond substituents is 1. The van der Waals surface area contributed by atoms with E-state index in [1.54, 1.807) is 0 Å². The molecular weight excluding hydrogens is 238 g/mol. The number of aromatic nitrogens is 2. The van der Waals surface area contributed by atoms with Crippen LogP contribution in [-0.4, -0.2) is 15.1 Å². The van der Waals surface area contributed by atoms with E-state index in [9.17, 15) is 13.9 Å². The molecule has 3 aromatic rings. The van der Waals surface area contributed by atoms with Crippen molar-refractivity contribution in [1.82, 2.24) is 9.97 Å². The lowest BCUT2D eigenvalue weighted by molar-refractivity contribution is 0.475. The van der Waals surface area contributed by atoms with Gasteiger partial charge in [-0.2, -0.15) is 0 Å². The number of aromatic amines is 1. The van der Waals surface area contributed by atoms with Crippen molar-refractivity contribution in [3.63, 3.8) is 0 Å². The van der Waals surface area contributed by atoms with E-state index in [1.807, 2.05) is 0 Å². The minimum Gasteiger partial charge on any atom is -0.507 e. The lowest BCUT2D eigenvalue weighted by Gasteiger charge is -2.00. The fourth-order valence-electron chi connectivity index (χ4n) is 1.81. The molecule has 1 heterocycles. The predicted octanol–water partition coefficient (Wildman–Crippen LogP) is 3.21. The molecule has 90 valence electrons.